The van der Waals surface area contributed by atoms with Crippen LogP contribution in [-0.2, 0) is 22.3 Å². The van der Waals surface area contributed by atoms with Gasteiger partial charge in [-0.15, -0.1) is 0 Å². The highest BCUT2D eigenvalue weighted by Gasteiger charge is 2.50. The number of imide groups is 1. The molecule has 4 nitrogen and oxygen atoms in total. The molecule has 124 valence electrons. The molecule has 23 heavy (non-hydrogen) atoms. The Bertz CT molecular complexity index is 674. The number of nitrogens with one attached hydrogen (secondary N) is 1. The molecule has 2 aliphatic heterocycles. The monoisotopic (exact) mass is 330 g/mol. The van der Waals surface area contributed by atoms with Crippen LogP contribution in [-0.4, -0.2) is 29.8 Å². The Balaban J connectivity index is 1.72. The van der Waals surface area contributed by atoms with Crippen molar-refractivity contribution in [1.82, 2.24) is 10.2 Å². The molecule has 2 saturated heterocycles. The van der Waals surface area contributed by atoms with Gasteiger partial charge in [0.2, 0.25) is 11.8 Å². The number of amides is 2. The summed E-state index contributed by atoms with van der Waals surface area (Å²) in [5.74, 6) is -1.57. The van der Waals surface area contributed by atoms with Crippen LogP contribution in [0.5, 0.6) is 0 Å². The van der Waals surface area contributed by atoms with E-state index in [1.165, 1.54) is 0 Å². The number of alkyl halides is 3. The summed E-state index contributed by atoms with van der Waals surface area (Å²) in [6, 6.07) is 2.44. The largest absolute Gasteiger partial charge is 0.416 e. The lowest BCUT2D eigenvalue weighted by Gasteiger charge is -2.20. The molecule has 0 saturated carbocycles. The molecule has 3 rings (SSSR count). The second-order valence-corrected chi connectivity index (χ2v) is 6.10. The second-order valence-electron chi connectivity index (χ2n) is 6.10. The number of nitrogens with zero attached hydrogens (tertiary/aromatic N) is 1. The lowest BCUT2D eigenvalue weighted by molar-refractivity contribution is -0.137. The van der Waals surface area contributed by atoms with Gasteiger partial charge in [0.15, 0.2) is 0 Å². The topological polar surface area (TPSA) is 49.4 Å². The number of hydrogen-bond acceptors (Lipinski definition) is 3. The smallest absolute Gasteiger partial charge is 0.298 e. The average Bonchev–Trinajstić information content (AvgIpc) is 2.95. The first-order valence-corrected chi connectivity index (χ1v) is 7.12. The van der Waals surface area contributed by atoms with Crippen LogP contribution < -0.4 is 5.32 Å². The second kappa shape index (κ2) is 5.30. The fraction of sp³-hybridized carbons (Fsp3) is 0.467. The maximum Gasteiger partial charge on any atom is 0.416 e. The number of hydrogen-bond donors (Lipinski definition) is 1. The van der Waals surface area contributed by atoms with Gasteiger partial charge in [0.1, 0.15) is 5.82 Å². The van der Waals surface area contributed by atoms with Crippen LogP contribution in [0.3, 0.4) is 0 Å². The van der Waals surface area contributed by atoms with Crippen molar-refractivity contribution in [3.63, 3.8) is 0 Å². The molecule has 0 unspecified atom stereocenters. The Hall–Kier alpha value is -1.96. The minimum absolute atomic E-state index is 0.104. The average molecular weight is 330 g/mol. The van der Waals surface area contributed by atoms with E-state index in [2.05, 4.69) is 5.32 Å². The zero-order valence-electron chi connectivity index (χ0n) is 12.0. The third-order valence-electron chi connectivity index (χ3n) is 4.44. The van der Waals surface area contributed by atoms with Crippen LogP contribution >= 0.6 is 0 Å². The van der Waals surface area contributed by atoms with E-state index in [9.17, 15) is 27.2 Å². The maximum atomic E-state index is 13.9. The Morgan fingerprint density at radius 1 is 1.26 bits per heavy atom. The van der Waals surface area contributed by atoms with E-state index in [-0.39, 0.29) is 30.3 Å². The third-order valence-corrected chi connectivity index (χ3v) is 4.44. The van der Waals surface area contributed by atoms with Gasteiger partial charge in [-0.25, -0.2) is 4.39 Å². The Labute approximate surface area is 129 Å². The van der Waals surface area contributed by atoms with Crippen molar-refractivity contribution in [1.29, 1.82) is 0 Å². The summed E-state index contributed by atoms with van der Waals surface area (Å²) in [7, 11) is 0. The number of likely N-dealkylation sites (tertiary alicyclic amines) is 1. The molecule has 1 aromatic rings. The Morgan fingerprint density at radius 2 is 2.00 bits per heavy atom. The molecule has 0 bridgehead atoms. The quantitative estimate of drug-likeness (QED) is 0.667. The van der Waals surface area contributed by atoms with Gasteiger partial charge in [0, 0.05) is 25.1 Å². The summed E-state index contributed by atoms with van der Waals surface area (Å²) in [5.41, 5.74) is -1.67. The summed E-state index contributed by atoms with van der Waals surface area (Å²) < 4.78 is 51.5. The predicted octanol–water partition coefficient (Wildman–Crippen LogP) is 2.08. The molecule has 2 heterocycles. The van der Waals surface area contributed by atoms with Crippen LogP contribution in [0.25, 0.3) is 0 Å². The standard InChI is InChI=1S/C15H14F4N2O2/c16-11-5-10(15(17,18)19)2-1-9(11)7-21-4-3-14(8-21)6-12(22)20-13(14)23/h1-2,5H,3-4,6-8H2,(H,20,22,23)/t14-/m1/s1. The van der Waals surface area contributed by atoms with Gasteiger partial charge >= 0.3 is 6.18 Å². The van der Waals surface area contributed by atoms with Gasteiger partial charge in [0.05, 0.1) is 11.0 Å². The Kier molecular flexibility index (Phi) is 3.66. The molecule has 2 amide bonds. The number of carbonyl (C=O) groups is 2. The van der Waals surface area contributed by atoms with Crippen molar-refractivity contribution in [3.8, 4) is 0 Å². The highest BCUT2D eigenvalue weighted by molar-refractivity contribution is 6.06. The van der Waals surface area contributed by atoms with Gasteiger partial charge in [-0.2, -0.15) is 13.2 Å². The van der Waals surface area contributed by atoms with E-state index in [4.69, 9.17) is 0 Å². The summed E-state index contributed by atoms with van der Waals surface area (Å²) >= 11 is 0. The molecule has 8 heteroatoms. The van der Waals surface area contributed by atoms with Crippen molar-refractivity contribution in [2.75, 3.05) is 13.1 Å². The molecule has 2 aliphatic rings. The van der Waals surface area contributed by atoms with Crippen LogP contribution in [0.15, 0.2) is 18.2 Å². The molecule has 1 atom stereocenters. The molecule has 1 spiro atoms. The number of halogens is 4. The van der Waals surface area contributed by atoms with E-state index in [0.717, 1.165) is 12.1 Å². The van der Waals surface area contributed by atoms with E-state index < -0.39 is 23.0 Å². The molecule has 1 N–H and O–H groups in total. The lowest BCUT2D eigenvalue weighted by atomic mass is 9.85. The Morgan fingerprint density at radius 3 is 2.57 bits per heavy atom. The van der Waals surface area contributed by atoms with Crippen LogP contribution in [0.2, 0.25) is 0 Å². The number of carbonyl (C=O) groups excluding carboxylic acids is 2. The van der Waals surface area contributed by atoms with Crippen LogP contribution in [0.1, 0.15) is 24.0 Å². The zero-order chi connectivity index (χ0) is 16.8. The van der Waals surface area contributed by atoms with Crippen molar-refractivity contribution < 1.29 is 27.2 Å². The highest BCUT2D eigenvalue weighted by Crippen LogP contribution is 2.38. The normalized spacial score (nSPS) is 25.4. The molecular formula is C15H14F4N2O2. The van der Waals surface area contributed by atoms with E-state index >= 15 is 0 Å². The molecule has 1 aromatic carbocycles. The first-order valence-electron chi connectivity index (χ1n) is 7.12. The van der Waals surface area contributed by atoms with Crippen molar-refractivity contribution >= 4 is 11.8 Å². The minimum Gasteiger partial charge on any atom is -0.298 e. The highest BCUT2D eigenvalue weighted by atomic mass is 19.4. The third kappa shape index (κ3) is 2.95. The fourth-order valence-electron chi connectivity index (χ4n) is 3.21. The zero-order valence-corrected chi connectivity index (χ0v) is 12.0. The summed E-state index contributed by atoms with van der Waals surface area (Å²) in [5, 5.41) is 2.27. The SMILES string of the molecule is O=C1C[C@@]2(CCN(Cc3ccc(C(F)(F)F)cc3F)C2)C(=O)N1. The van der Waals surface area contributed by atoms with Gasteiger partial charge < -0.3 is 0 Å². The number of rotatable bonds is 2. The van der Waals surface area contributed by atoms with Crippen molar-refractivity contribution in [3.05, 3.63) is 35.1 Å². The van der Waals surface area contributed by atoms with Crippen LogP contribution in [0, 0.1) is 11.2 Å². The summed E-state index contributed by atoms with van der Waals surface area (Å²) in [4.78, 5) is 25.0. The van der Waals surface area contributed by atoms with Crippen LogP contribution in [0.4, 0.5) is 17.6 Å². The maximum absolute atomic E-state index is 13.9. The summed E-state index contributed by atoms with van der Waals surface area (Å²) in [6.07, 6.45) is -4.00. The molecular weight excluding hydrogens is 316 g/mol. The van der Waals surface area contributed by atoms with Gasteiger partial charge in [-0.3, -0.25) is 19.8 Å². The van der Waals surface area contributed by atoms with Crippen molar-refractivity contribution in [2.24, 2.45) is 5.41 Å². The fourth-order valence-corrected chi connectivity index (χ4v) is 3.21. The van der Waals surface area contributed by atoms with Crippen molar-refractivity contribution in [2.45, 2.75) is 25.6 Å². The first kappa shape index (κ1) is 15.9. The van der Waals surface area contributed by atoms with E-state index in [1.54, 1.807) is 4.90 Å². The van der Waals surface area contributed by atoms with Gasteiger partial charge in [0.25, 0.3) is 0 Å². The van der Waals surface area contributed by atoms with E-state index in [1.807, 2.05) is 0 Å². The van der Waals surface area contributed by atoms with Gasteiger partial charge in [-0.05, 0) is 25.1 Å². The predicted molar refractivity (Wildman–Crippen MR) is 71.5 cm³/mol. The summed E-state index contributed by atoms with van der Waals surface area (Å²) in [6.45, 7) is 0.888. The number of benzene rings is 1. The molecule has 0 radical (unpaired) electrons. The molecule has 0 aromatic heterocycles. The molecule has 0 aliphatic carbocycles. The minimum atomic E-state index is -4.58. The molecule has 2 fully saturated rings. The first-order chi connectivity index (χ1) is 10.7. The lowest BCUT2D eigenvalue weighted by Crippen LogP contribution is -2.34. The van der Waals surface area contributed by atoms with E-state index in [0.29, 0.717) is 25.6 Å². The van der Waals surface area contributed by atoms with Gasteiger partial charge in [-0.1, -0.05) is 6.07 Å².